The lowest BCUT2D eigenvalue weighted by Gasteiger charge is -2.02. The highest BCUT2D eigenvalue weighted by molar-refractivity contribution is 6.43. The molecular formula is C14H10Cl2N2O2. The molecule has 4 nitrogen and oxygen atoms in total. The number of halogens is 2. The molecule has 0 saturated heterocycles. The largest absolute Gasteiger partial charge is 0.274 e. The minimum absolute atomic E-state index is 0.0387. The molecule has 102 valence electrons. The van der Waals surface area contributed by atoms with Crippen molar-refractivity contribution < 1.29 is 4.92 Å². The standard InChI is InChI=1S/C14H10Cl2N2O2/c1-9-12(6-3-7-13(9)18(19)20)17-8-10-4-2-5-11(15)14(10)16/h2-8H,1H3. The van der Waals surface area contributed by atoms with Gasteiger partial charge in [-0.25, -0.2) is 0 Å². The average Bonchev–Trinajstić information content (AvgIpc) is 2.41. The Kier molecular flexibility index (Phi) is 4.37. The molecule has 0 N–H and O–H groups in total. The molecule has 0 amide bonds. The van der Waals surface area contributed by atoms with Gasteiger partial charge < -0.3 is 0 Å². The minimum atomic E-state index is -0.430. The summed E-state index contributed by atoms with van der Waals surface area (Å²) in [5.74, 6) is 0. The highest BCUT2D eigenvalue weighted by Crippen LogP contribution is 2.28. The summed E-state index contributed by atoms with van der Waals surface area (Å²) in [7, 11) is 0. The van der Waals surface area contributed by atoms with Crippen LogP contribution in [0.4, 0.5) is 11.4 Å². The van der Waals surface area contributed by atoms with Crippen molar-refractivity contribution in [3.63, 3.8) is 0 Å². The number of hydrogen-bond donors (Lipinski definition) is 0. The quantitative estimate of drug-likeness (QED) is 0.457. The lowest BCUT2D eigenvalue weighted by Crippen LogP contribution is -1.91. The van der Waals surface area contributed by atoms with E-state index in [-0.39, 0.29) is 5.69 Å². The summed E-state index contributed by atoms with van der Waals surface area (Å²) in [5, 5.41) is 11.7. The van der Waals surface area contributed by atoms with Gasteiger partial charge in [0.2, 0.25) is 0 Å². The lowest BCUT2D eigenvalue weighted by molar-refractivity contribution is -0.385. The Balaban J connectivity index is 2.40. The van der Waals surface area contributed by atoms with Gasteiger partial charge in [0, 0.05) is 17.8 Å². The fourth-order valence-corrected chi connectivity index (χ4v) is 2.07. The van der Waals surface area contributed by atoms with Gasteiger partial charge in [-0.3, -0.25) is 15.1 Å². The summed E-state index contributed by atoms with van der Waals surface area (Å²) >= 11 is 12.0. The van der Waals surface area contributed by atoms with E-state index in [1.165, 1.54) is 6.07 Å². The Hall–Kier alpha value is -1.91. The van der Waals surface area contributed by atoms with Crippen LogP contribution in [0.15, 0.2) is 41.4 Å². The number of nitro benzene ring substituents is 1. The first-order valence-corrected chi connectivity index (χ1v) is 6.48. The lowest BCUT2D eigenvalue weighted by atomic mass is 10.1. The predicted molar refractivity (Wildman–Crippen MR) is 81.5 cm³/mol. The van der Waals surface area contributed by atoms with E-state index in [4.69, 9.17) is 23.2 Å². The smallest absolute Gasteiger partial charge is 0.258 e. The van der Waals surface area contributed by atoms with E-state index in [2.05, 4.69) is 4.99 Å². The third kappa shape index (κ3) is 2.98. The normalized spacial score (nSPS) is 10.9. The van der Waals surface area contributed by atoms with Crippen LogP contribution < -0.4 is 0 Å². The molecular weight excluding hydrogens is 299 g/mol. The second-order valence-electron chi connectivity index (χ2n) is 4.08. The molecule has 0 spiro atoms. The SMILES string of the molecule is Cc1c(N=Cc2cccc(Cl)c2Cl)cccc1[N+](=O)[O-]. The number of benzene rings is 2. The first-order valence-electron chi connectivity index (χ1n) is 5.73. The number of nitro groups is 1. The van der Waals surface area contributed by atoms with E-state index < -0.39 is 4.92 Å². The zero-order chi connectivity index (χ0) is 14.7. The highest BCUT2D eigenvalue weighted by Gasteiger charge is 2.12. The third-order valence-electron chi connectivity index (χ3n) is 2.80. The minimum Gasteiger partial charge on any atom is -0.258 e. The van der Waals surface area contributed by atoms with Gasteiger partial charge in [0.15, 0.2) is 0 Å². The molecule has 0 unspecified atom stereocenters. The maximum Gasteiger partial charge on any atom is 0.274 e. The van der Waals surface area contributed by atoms with E-state index in [1.807, 2.05) is 0 Å². The van der Waals surface area contributed by atoms with Crippen LogP contribution >= 0.6 is 23.2 Å². The average molecular weight is 309 g/mol. The van der Waals surface area contributed by atoms with Gasteiger partial charge in [-0.05, 0) is 19.1 Å². The van der Waals surface area contributed by atoms with Crippen molar-refractivity contribution in [3.05, 3.63) is 67.7 Å². The molecule has 0 aliphatic heterocycles. The summed E-state index contributed by atoms with van der Waals surface area (Å²) < 4.78 is 0. The molecule has 0 fully saturated rings. The van der Waals surface area contributed by atoms with Gasteiger partial charge in [0.05, 0.1) is 26.2 Å². The molecule has 2 aromatic carbocycles. The van der Waals surface area contributed by atoms with Crippen LogP contribution in [0, 0.1) is 17.0 Å². The first-order chi connectivity index (χ1) is 9.50. The van der Waals surface area contributed by atoms with Crippen molar-refractivity contribution in [2.24, 2.45) is 4.99 Å². The van der Waals surface area contributed by atoms with Crippen molar-refractivity contribution in [3.8, 4) is 0 Å². The Morgan fingerprint density at radius 1 is 1.20 bits per heavy atom. The van der Waals surface area contributed by atoms with Crippen molar-refractivity contribution in [1.82, 2.24) is 0 Å². The van der Waals surface area contributed by atoms with Crippen LogP contribution in [0.2, 0.25) is 10.0 Å². The third-order valence-corrected chi connectivity index (χ3v) is 3.63. The Morgan fingerprint density at radius 2 is 1.90 bits per heavy atom. The van der Waals surface area contributed by atoms with Crippen molar-refractivity contribution >= 4 is 40.8 Å². The van der Waals surface area contributed by atoms with Gasteiger partial charge in [-0.1, -0.05) is 41.4 Å². The van der Waals surface area contributed by atoms with Crippen molar-refractivity contribution in [2.75, 3.05) is 0 Å². The number of rotatable bonds is 3. The number of hydrogen-bond acceptors (Lipinski definition) is 3. The topological polar surface area (TPSA) is 55.5 Å². The van der Waals surface area contributed by atoms with Crippen molar-refractivity contribution in [1.29, 1.82) is 0 Å². The molecule has 0 aromatic heterocycles. The number of nitrogens with zero attached hydrogens (tertiary/aromatic N) is 2. The molecule has 0 aliphatic rings. The second-order valence-corrected chi connectivity index (χ2v) is 4.86. The zero-order valence-corrected chi connectivity index (χ0v) is 12.0. The molecule has 0 atom stereocenters. The highest BCUT2D eigenvalue weighted by atomic mass is 35.5. The molecule has 20 heavy (non-hydrogen) atoms. The number of aliphatic imine (C=N–C) groups is 1. The van der Waals surface area contributed by atoms with Gasteiger partial charge in [-0.15, -0.1) is 0 Å². The summed E-state index contributed by atoms with van der Waals surface area (Å²) in [4.78, 5) is 14.7. The fourth-order valence-electron chi connectivity index (χ4n) is 1.71. The first kappa shape index (κ1) is 14.5. The Labute approximate surface area is 125 Å². The summed E-state index contributed by atoms with van der Waals surface area (Å²) in [6.45, 7) is 1.66. The second kappa shape index (κ2) is 6.03. The fraction of sp³-hybridized carbons (Fsp3) is 0.0714. The monoisotopic (exact) mass is 308 g/mol. The van der Waals surface area contributed by atoms with Crippen LogP contribution in [0.1, 0.15) is 11.1 Å². The molecule has 2 aromatic rings. The van der Waals surface area contributed by atoms with Gasteiger partial charge in [-0.2, -0.15) is 0 Å². The van der Waals surface area contributed by atoms with Gasteiger partial charge in [0.25, 0.3) is 5.69 Å². The van der Waals surface area contributed by atoms with Crippen LogP contribution in [0.3, 0.4) is 0 Å². The van der Waals surface area contributed by atoms with Crippen LogP contribution in [-0.4, -0.2) is 11.1 Å². The summed E-state index contributed by atoms with van der Waals surface area (Å²) in [5.41, 5.74) is 1.73. The predicted octanol–water partition coefficient (Wildman–Crippen LogP) is 4.96. The zero-order valence-electron chi connectivity index (χ0n) is 10.5. The van der Waals surface area contributed by atoms with E-state index in [0.29, 0.717) is 26.9 Å². The molecule has 0 radical (unpaired) electrons. The summed E-state index contributed by atoms with van der Waals surface area (Å²) in [6, 6.07) is 9.95. The molecule has 0 bridgehead atoms. The van der Waals surface area contributed by atoms with E-state index >= 15 is 0 Å². The Morgan fingerprint density at radius 3 is 2.60 bits per heavy atom. The van der Waals surface area contributed by atoms with Crippen LogP contribution in [0.25, 0.3) is 0 Å². The maximum atomic E-state index is 10.9. The van der Waals surface area contributed by atoms with Gasteiger partial charge in [0.1, 0.15) is 0 Å². The molecule has 2 rings (SSSR count). The van der Waals surface area contributed by atoms with E-state index in [1.54, 1.807) is 43.5 Å². The van der Waals surface area contributed by atoms with Crippen LogP contribution in [0.5, 0.6) is 0 Å². The molecule has 0 saturated carbocycles. The van der Waals surface area contributed by atoms with Crippen molar-refractivity contribution in [2.45, 2.75) is 6.92 Å². The van der Waals surface area contributed by atoms with Gasteiger partial charge >= 0.3 is 0 Å². The van der Waals surface area contributed by atoms with E-state index in [9.17, 15) is 10.1 Å². The Bertz CT molecular complexity index is 700. The van der Waals surface area contributed by atoms with Crippen LogP contribution in [-0.2, 0) is 0 Å². The molecule has 0 heterocycles. The summed E-state index contributed by atoms with van der Waals surface area (Å²) in [6.07, 6.45) is 1.54. The maximum absolute atomic E-state index is 10.9. The molecule has 6 heteroatoms. The molecule has 0 aliphatic carbocycles. The van der Waals surface area contributed by atoms with E-state index in [0.717, 1.165) is 0 Å².